The summed E-state index contributed by atoms with van der Waals surface area (Å²) in [6, 6.07) is 1.54. The van der Waals surface area contributed by atoms with Crippen LogP contribution in [0.25, 0.3) is 5.65 Å². The Morgan fingerprint density at radius 2 is 2.46 bits per heavy atom. The Bertz CT molecular complexity index is 450. The normalized spacial score (nSPS) is 10.2. The highest BCUT2D eigenvalue weighted by atomic mass is 16.7. The van der Waals surface area contributed by atoms with Gasteiger partial charge in [-0.2, -0.15) is 11.0 Å². The van der Waals surface area contributed by atoms with Gasteiger partial charge in [0.25, 0.3) is 0 Å². The van der Waals surface area contributed by atoms with Crippen LogP contribution in [0.3, 0.4) is 0 Å². The van der Waals surface area contributed by atoms with E-state index < -0.39 is 5.97 Å². The Hall–Kier alpha value is -1.95. The lowest BCUT2D eigenvalue weighted by molar-refractivity contribution is 0.0503. The molecule has 2 rings (SSSR count). The molecular weight excluding hydrogens is 172 g/mol. The number of carbonyl (C=O) groups is 1. The minimum Gasteiger partial charge on any atom is -0.370 e. The van der Waals surface area contributed by atoms with Crippen LogP contribution in [0.2, 0.25) is 0 Å². The van der Waals surface area contributed by atoms with E-state index in [0.29, 0.717) is 5.65 Å². The number of nitrogens with zero attached hydrogens (tertiary/aromatic N) is 3. The maximum atomic E-state index is 11.0. The molecule has 2 N–H and O–H groups in total. The van der Waals surface area contributed by atoms with Crippen molar-refractivity contribution >= 4 is 11.6 Å². The van der Waals surface area contributed by atoms with Gasteiger partial charge in [-0.15, -0.1) is 0 Å². The monoisotopic (exact) mass is 178 g/mol. The average Bonchev–Trinajstić information content (AvgIpc) is 2.63. The molecular formula is C7H6N4O2. The molecule has 0 aliphatic rings. The molecule has 0 saturated carbocycles. The second-order valence-corrected chi connectivity index (χ2v) is 2.38. The molecule has 0 aliphatic heterocycles. The Kier molecular flexibility index (Phi) is 1.67. The van der Waals surface area contributed by atoms with Gasteiger partial charge >= 0.3 is 5.97 Å². The molecule has 13 heavy (non-hydrogen) atoms. The van der Waals surface area contributed by atoms with Crippen molar-refractivity contribution in [3.05, 3.63) is 30.2 Å². The molecule has 0 amide bonds. The van der Waals surface area contributed by atoms with Crippen LogP contribution in [0.1, 0.15) is 10.4 Å². The lowest BCUT2D eigenvalue weighted by Gasteiger charge is -1.97. The number of fused-ring (bicyclic) bond motifs is 1. The first-order chi connectivity index (χ1) is 6.31. The van der Waals surface area contributed by atoms with Crippen LogP contribution in [0.15, 0.2) is 24.7 Å². The van der Waals surface area contributed by atoms with Crippen LogP contribution in [-0.4, -0.2) is 20.6 Å². The van der Waals surface area contributed by atoms with Crippen molar-refractivity contribution in [2.24, 2.45) is 5.90 Å². The van der Waals surface area contributed by atoms with Gasteiger partial charge in [0.15, 0.2) is 5.65 Å². The zero-order valence-corrected chi connectivity index (χ0v) is 6.54. The highest BCUT2D eigenvalue weighted by molar-refractivity contribution is 5.89. The van der Waals surface area contributed by atoms with E-state index in [2.05, 4.69) is 14.9 Å². The molecule has 0 unspecified atom stereocenters. The molecule has 0 saturated heterocycles. The molecule has 0 radical (unpaired) electrons. The van der Waals surface area contributed by atoms with Crippen molar-refractivity contribution in [1.82, 2.24) is 14.6 Å². The lowest BCUT2D eigenvalue weighted by Crippen LogP contribution is -2.11. The second kappa shape index (κ2) is 2.83. The van der Waals surface area contributed by atoms with E-state index in [0.717, 1.165) is 0 Å². The summed E-state index contributed by atoms with van der Waals surface area (Å²) in [5.41, 5.74) is 0.851. The van der Waals surface area contributed by atoms with E-state index in [4.69, 9.17) is 5.90 Å². The third kappa shape index (κ3) is 1.23. The van der Waals surface area contributed by atoms with E-state index >= 15 is 0 Å². The first-order valence-electron chi connectivity index (χ1n) is 3.52. The van der Waals surface area contributed by atoms with Crippen LogP contribution in [0, 0.1) is 0 Å². The number of aromatic nitrogens is 3. The number of imidazole rings is 1. The van der Waals surface area contributed by atoms with Crippen LogP contribution in [0.4, 0.5) is 0 Å². The van der Waals surface area contributed by atoms with E-state index in [1.807, 2.05) is 0 Å². The Morgan fingerprint density at radius 1 is 1.62 bits per heavy atom. The Balaban J connectivity index is 2.54. The van der Waals surface area contributed by atoms with Gasteiger partial charge in [-0.05, 0) is 6.07 Å². The lowest BCUT2D eigenvalue weighted by atomic mass is 10.3. The first-order valence-corrected chi connectivity index (χ1v) is 3.52. The van der Waals surface area contributed by atoms with Gasteiger partial charge in [0.05, 0.1) is 11.8 Å². The molecule has 0 aliphatic carbocycles. The van der Waals surface area contributed by atoms with E-state index in [-0.39, 0.29) is 5.56 Å². The van der Waals surface area contributed by atoms with Gasteiger partial charge in [-0.1, -0.05) is 0 Å². The fraction of sp³-hybridized carbons (Fsp3) is 0. The quantitative estimate of drug-likeness (QED) is 0.609. The summed E-state index contributed by atoms with van der Waals surface area (Å²) in [4.78, 5) is 18.9. The number of nitrogens with two attached hydrogens (primary N) is 1. The van der Waals surface area contributed by atoms with Crippen molar-refractivity contribution in [1.29, 1.82) is 0 Å². The van der Waals surface area contributed by atoms with Gasteiger partial charge in [-0.3, -0.25) is 0 Å². The van der Waals surface area contributed by atoms with Gasteiger partial charge in [0, 0.05) is 12.4 Å². The summed E-state index contributed by atoms with van der Waals surface area (Å²) in [7, 11) is 0. The highest BCUT2D eigenvalue weighted by Crippen LogP contribution is 2.03. The third-order valence-corrected chi connectivity index (χ3v) is 1.60. The molecule has 6 heteroatoms. The number of carbonyl (C=O) groups excluding carboxylic acids is 1. The first kappa shape index (κ1) is 7.69. The van der Waals surface area contributed by atoms with Crippen molar-refractivity contribution in [2.75, 3.05) is 0 Å². The smallest absolute Gasteiger partial charge is 0.358 e. The molecule has 6 nitrogen and oxygen atoms in total. The van der Waals surface area contributed by atoms with Crippen LogP contribution >= 0.6 is 0 Å². The van der Waals surface area contributed by atoms with Crippen LogP contribution in [0.5, 0.6) is 0 Å². The minimum absolute atomic E-state index is 0.279. The van der Waals surface area contributed by atoms with Crippen LogP contribution < -0.4 is 5.90 Å². The summed E-state index contributed by atoms with van der Waals surface area (Å²) < 4.78 is 1.54. The summed E-state index contributed by atoms with van der Waals surface area (Å²) in [5, 5.41) is 3.91. The molecule has 0 bridgehead atoms. The molecule has 0 fully saturated rings. The molecule has 0 atom stereocenters. The predicted octanol–water partition coefficient (Wildman–Crippen LogP) is -0.240. The molecule has 2 heterocycles. The van der Waals surface area contributed by atoms with Gasteiger partial charge in [0.1, 0.15) is 0 Å². The molecule has 0 spiro atoms. The minimum atomic E-state index is -0.627. The van der Waals surface area contributed by atoms with Gasteiger partial charge in [0.2, 0.25) is 0 Å². The molecule has 2 aromatic rings. The predicted molar refractivity (Wildman–Crippen MR) is 42.6 cm³/mol. The molecule has 2 aromatic heterocycles. The summed E-state index contributed by atoms with van der Waals surface area (Å²) in [5.74, 6) is 4.09. The summed E-state index contributed by atoms with van der Waals surface area (Å²) in [6.07, 6.45) is 4.62. The third-order valence-electron chi connectivity index (χ3n) is 1.60. The van der Waals surface area contributed by atoms with Crippen molar-refractivity contribution in [2.45, 2.75) is 0 Å². The van der Waals surface area contributed by atoms with Gasteiger partial charge in [-0.25, -0.2) is 14.3 Å². The summed E-state index contributed by atoms with van der Waals surface area (Å²) in [6.45, 7) is 0. The fourth-order valence-corrected chi connectivity index (χ4v) is 0.990. The average molecular weight is 178 g/mol. The zero-order chi connectivity index (χ0) is 9.26. The van der Waals surface area contributed by atoms with Crippen molar-refractivity contribution in [3.8, 4) is 0 Å². The standard InChI is InChI=1S/C7H6N4O2/c8-13-7(12)5-3-6-9-1-2-11(6)10-4-5/h1-4H,8H2. The second-order valence-electron chi connectivity index (χ2n) is 2.38. The van der Waals surface area contributed by atoms with E-state index in [1.165, 1.54) is 10.7 Å². The van der Waals surface area contributed by atoms with Crippen molar-refractivity contribution in [3.63, 3.8) is 0 Å². The summed E-state index contributed by atoms with van der Waals surface area (Å²) >= 11 is 0. The van der Waals surface area contributed by atoms with E-state index in [1.54, 1.807) is 18.5 Å². The number of hydrogen-bond acceptors (Lipinski definition) is 5. The SMILES string of the molecule is NOC(=O)c1cnn2ccnc2c1. The maximum absolute atomic E-state index is 11.0. The fourth-order valence-electron chi connectivity index (χ4n) is 0.990. The Morgan fingerprint density at radius 3 is 3.23 bits per heavy atom. The zero-order valence-electron chi connectivity index (χ0n) is 6.54. The number of rotatable bonds is 1. The van der Waals surface area contributed by atoms with Gasteiger partial charge < -0.3 is 4.84 Å². The highest BCUT2D eigenvalue weighted by Gasteiger charge is 2.07. The van der Waals surface area contributed by atoms with Crippen molar-refractivity contribution < 1.29 is 9.63 Å². The molecule has 66 valence electrons. The maximum Gasteiger partial charge on any atom is 0.358 e. The largest absolute Gasteiger partial charge is 0.370 e. The number of hydrogen-bond donors (Lipinski definition) is 1. The van der Waals surface area contributed by atoms with E-state index in [9.17, 15) is 4.79 Å². The topological polar surface area (TPSA) is 82.5 Å². The molecule has 0 aromatic carbocycles. The van der Waals surface area contributed by atoms with Crippen LogP contribution in [-0.2, 0) is 4.84 Å². The Labute approximate surface area is 72.9 Å².